The zero-order chi connectivity index (χ0) is 27.4. The van der Waals surface area contributed by atoms with Gasteiger partial charge in [-0.3, -0.25) is 9.88 Å². The third-order valence-corrected chi connectivity index (χ3v) is 7.82. The van der Waals surface area contributed by atoms with E-state index < -0.39 is 42.3 Å². The largest absolute Gasteiger partial charge is 0.479 e. The van der Waals surface area contributed by atoms with Gasteiger partial charge < -0.3 is 35.0 Å². The molecule has 4 rings (SSSR count). The van der Waals surface area contributed by atoms with E-state index in [4.69, 9.17) is 9.47 Å². The first-order valence-corrected chi connectivity index (χ1v) is 13.2. The van der Waals surface area contributed by atoms with Gasteiger partial charge >= 0.3 is 5.97 Å². The van der Waals surface area contributed by atoms with Crippen molar-refractivity contribution in [3.8, 4) is 5.75 Å². The van der Waals surface area contributed by atoms with Crippen LogP contribution in [0.5, 0.6) is 5.75 Å². The molecule has 2 saturated heterocycles. The predicted molar refractivity (Wildman–Crippen MR) is 137 cm³/mol. The number of aliphatic carboxylic acids is 1. The Morgan fingerprint density at radius 3 is 2.34 bits per heavy atom. The Balaban J connectivity index is 1.49. The van der Waals surface area contributed by atoms with Gasteiger partial charge in [0.2, 0.25) is 6.29 Å². The molecule has 0 aliphatic carbocycles. The molecule has 10 heteroatoms. The van der Waals surface area contributed by atoms with Gasteiger partial charge in [-0.25, -0.2) is 4.79 Å². The molecule has 0 saturated carbocycles. The van der Waals surface area contributed by atoms with Crippen molar-refractivity contribution in [1.82, 2.24) is 9.88 Å². The molecule has 2 fully saturated rings. The fraction of sp³-hybridized carbons (Fsp3) is 0.571. The van der Waals surface area contributed by atoms with E-state index in [0.717, 1.165) is 13.0 Å². The number of pyridine rings is 1. The second-order valence-electron chi connectivity index (χ2n) is 10.4. The number of carbonyl (C=O) groups is 1. The first-order valence-electron chi connectivity index (χ1n) is 13.2. The lowest BCUT2D eigenvalue weighted by atomic mass is 9.85. The molecule has 10 nitrogen and oxygen atoms in total. The number of hydrogen-bond donors (Lipinski definition) is 5. The number of carboxylic acids is 1. The summed E-state index contributed by atoms with van der Waals surface area (Å²) in [5, 5.41) is 51.3. The number of likely N-dealkylation sites (tertiary alicyclic amines) is 1. The average Bonchev–Trinajstić information content (AvgIpc) is 2.91. The maximum Gasteiger partial charge on any atom is 0.335 e. The van der Waals surface area contributed by atoms with E-state index in [1.54, 1.807) is 42.6 Å². The van der Waals surface area contributed by atoms with E-state index in [0.29, 0.717) is 29.8 Å². The Hall–Kier alpha value is -2.60. The molecule has 208 valence electrons. The van der Waals surface area contributed by atoms with Crippen LogP contribution in [-0.4, -0.2) is 90.7 Å². The topological polar surface area (TPSA) is 153 Å². The van der Waals surface area contributed by atoms with E-state index in [1.165, 1.54) is 19.3 Å². The van der Waals surface area contributed by atoms with E-state index in [-0.39, 0.29) is 5.75 Å². The predicted octanol–water partition coefficient (Wildman–Crippen LogP) is 1.63. The highest BCUT2D eigenvalue weighted by molar-refractivity contribution is 5.73. The van der Waals surface area contributed by atoms with Gasteiger partial charge in [0.15, 0.2) is 6.10 Å². The summed E-state index contributed by atoms with van der Waals surface area (Å²) in [6, 6.07) is 13.0. The number of nitrogens with zero attached hydrogens (tertiary/aromatic N) is 2. The lowest BCUT2D eigenvalue weighted by molar-refractivity contribution is -0.271. The molecule has 2 aromatic rings. The third kappa shape index (κ3) is 6.01. The second-order valence-corrected chi connectivity index (χ2v) is 10.4. The highest BCUT2D eigenvalue weighted by atomic mass is 16.7. The molecule has 0 unspecified atom stereocenters. The number of benzene rings is 1. The van der Waals surface area contributed by atoms with Gasteiger partial charge in [0, 0.05) is 18.3 Å². The fourth-order valence-electron chi connectivity index (χ4n) is 5.55. The maximum atomic E-state index is 11.9. The van der Waals surface area contributed by atoms with E-state index in [9.17, 15) is 30.3 Å². The van der Waals surface area contributed by atoms with Crippen LogP contribution in [0.2, 0.25) is 0 Å². The molecule has 1 aromatic heterocycles. The summed E-state index contributed by atoms with van der Waals surface area (Å²) >= 11 is 0. The average molecular weight is 531 g/mol. The van der Waals surface area contributed by atoms with Crippen molar-refractivity contribution >= 4 is 5.97 Å². The Kier molecular flexibility index (Phi) is 9.02. The molecular weight excluding hydrogens is 492 g/mol. The van der Waals surface area contributed by atoms with Crippen LogP contribution in [-0.2, 0) is 15.1 Å². The summed E-state index contributed by atoms with van der Waals surface area (Å²) in [4.78, 5) is 18.3. The normalized spacial score (nSPS) is 31.9. The van der Waals surface area contributed by atoms with Crippen LogP contribution in [0.3, 0.4) is 0 Å². The summed E-state index contributed by atoms with van der Waals surface area (Å²) < 4.78 is 10.8. The summed E-state index contributed by atoms with van der Waals surface area (Å²) in [6.07, 6.45) is -2.02. The molecule has 0 radical (unpaired) electrons. The number of hydrogen-bond acceptors (Lipinski definition) is 9. The van der Waals surface area contributed by atoms with Gasteiger partial charge in [0.1, 0.15) is 29.7 Å². The van der Waals surface area contributed by atoms with Crippen LogP contribution in [0.4, 0.5) is 0 Å². The lowest BCUT2D eigenvalue weighted by Crippen LogP contribution is -2.61. The van der Waals surface area contributed by atoms with Crippen LogP contribution < -0.4 is 4.74 Å². The number of carboxylic acid groups (broad SMARTS) is 1. The standard InChI is InChI=1S/C28H38N2O8/c1-17-7-5-8-18(2)30(17)16-6-14-28(36,21-9-3-4-15-29-21)19-10-12-20(13-11-19)37-27-24(33)22(31)23(32)25(38-27)26(34)35/h3-4,9-13,15,17-18,22-25,27,31-33,36H,5-8,14,16H2,1-2H3,(H,34,35)/t17-,18+,22-,23-,24+,25-,27+,28-/m0/s1. The Labute approximate surface area is 222 Å². The van der Waals surface area contributed by atoms with Gasteiger partial charge in [0.05, 0.1) is 5.69 Å². The summed E-state index contributed by atoms with van der Waals surface area (Å²) in [7, 11) is 0. The van der Waals surface area contributed by atoms with Crippen LogP contribution in [0.15, 0.2) is 48.7 Å². The monoisotopic (exact) mass is 530 g/mol. The van der Waals surface area contributed by atoms with Crippen molar-refractivity contribution in [2.45, 2.75) is 94.3 Å². The van der Waals surface area contributed by atoms with E-state index in [2.05, 4.69) is 23.7 Å². The molecule has 0 bridgehead atoms. The van der Waals surface area contributed by atoms with Crippen LogP contribution in [0.1, 0.15) is 57.2 Å². The van der Waals surface area contributed by atoms with Gasteiger partial charge in [0.25, 0.3) is 0 Å². The van der Waals surface area contributed by atoms with Crippen LogP contribution in [0, 0.1) is 0 Å². The number of piperidine rings is 1. The third-order valence-electron chi connectivity index (χ3n) is 7.82. The molecule has 2 aliphatic heterocycles. The van der Waals surface area contributed by atoms with Gasteiger partial charge in [-0.2, -0.15) is 0 Å². The number of rotatable bonds is 9. The van der Waals surface area contributed by atoms with Crippen molar-refractivity contribution in [2.24, 2.45) is 0 Å². The Bertz CT molecular complexity index is 1040. The number of aliphatic hydroxyl groups excluding tert-OH is 3. The van der Waals surface area contributed by atoms with Gasteiger partial charge in [-0.15, -0.1) is 0 Å². The first kappa shape index (κ1) is 28.4. The van der Waals surface area contributed by atoms with Crippen molar-refractivity contribution in [3.05, 3.63) is 59.9 Å². The maximum absolute atomic E-state index is 11.9. The zero-order valence-electron chi connectivity index (χ0n) is 21.8. The van der Waals surface area contributed by atoms with Gasteiger partial charge in [-0.1, -0.05) is 24.6 Å². The summed E-state index contributed by atoms with van der Waals surface area (Å²) in [5.41, 5.74) is -0.217. The van der Waals surface area contributed by atoms with Crippen molar-refractivity contribution in [3.63, 3.8) is 0 Å². The molecule has 38 heavy (non-hydrogen) atoms. The molecule has 5 N–H and O–H groups in total. The molecule has 8 atom stereocenters. The Morgan fingerprint density at radius 1 is 1.05 bits per heavy atom. The van der Waals surface area contributed by atoms with Crippen molar-refractivity contribution < 1.29 is 39.8 Å². The highest BCUT2D eigenvalue weighted by Crippen LogP contribution is 2.35. The zero-order valence-corrected chi connectivity index (χ0v) is 21.8. The quantitative estimate of drug-likeness (QED) is 0.323. The summed E-state index contributed by atoms with van der Waals surface area (Å²) in [5.74, 6) is -1.26. The van der Waals surface area contributed by atoms with Crippen molar-refractivity contribution in [1.29, 1.82) is 0 Å². The number of aliphatic hydroxyl groups is 4. The fourth-order valence-corrected chi connectivity index (χ4v) is 5.55. The molecule has 2 aliphatic rings. The number of aromatic nitrogens is 1. The first-order chi connectivity index (χ1) is 18.1. The van der Waals surface area contributed by atoms with E-state index >= 15 is 0 Å². The highest BCUT2D eigenvalue weighted by Gasteiger charge is 2.48. The smallest absolute Gasteiger partial charge is 0.335 e. The Morgan fingerprint density at radius 2 is 1.74 bits per heavy atom. The van der Waals surface area contributed by atoms with Gasteiger partial charge in [-0.05, 0) is 75.9 Å². The molecule has 0 spiro atoms. The number of ether oxygens (including phenoxy) is 2. The van der Waals surface area contributed by atoms with Crippen LogP contribution in [0.25, 0.3) is 0 Å². The van der Waals surface area contributed by atoms with E-state index in [1.807, 2.05) is 6.07 Å². The van der Waals surface area contributed by atoms with Crippen LogP contribution >= 0.6 is 0 Å². The minimum absolute atomic E-state index is 0.227. The molecule has 1 aromatic carbocycles. The SMILES string of the molecule is C[C@@H]1CCC[C@H](C)N1CCC[C@](O)(c1ccc(O[C@@H]2O[C@H](C(=O)O)[C@@H](O)[C@H](O)[C@H]2O)cc1)c1ccccn1. The van der Waals surface area contributed by atoms with Crippen molar-refractivity contribution in [2.75, 3.05) is 6.54 Å². The minimum atomic E-state index is -1.80. The minimum Gasteiger partial charge on any atom is -0.479 e. The second kappa shape index (κ2) is 12.1. The molecule has 0 amide bonds. The summed E-state index contributed by atoms with van der Waals surface area (Å²) in [6.45, 7) is 5.38. The molecule has 3 heterocycles. The molecular formula is C28H38N2O8. The lowest BCUT2D eigenvalue weighted by Gasteiger charge is -2.39.